The van der Waals surface area contributed by atoms with Crippen LogP contribution in [-0.2, 0) is 0 Å². The Hall–Kier alpha value is -1.16. The van der Waals surface area contributed by atoms with Gasteiger partial charge in [-0.2, -0.15) is 4.39 Å². The molecule has 5 heteroatoms. The molecule has 1 aromatic rings. The Morgan fingerprint density at radius 2 is 2.12 bits per heavy atom. The molecule has 0 bridgehead atoms. The fourth-order valence-electron chi connectivity index (χ4n) is 2.09. The molecule has 1 atom stereocenters. The Kier molecular flexibility index (Phi) is 2.20. The van der Waals surface area contributed by atoms with Crippen LogP contribution in [0.5, 0.6) is 5.75 Å². The zero-order chi connectivity index (χ0) is 12.2. The van der Waals surface area contributed by atoms with Crippen molar-refractivity contribution in [2.75, 3.05) is 0 Å². The summed E-state index contributed by atoms with van der Waals surface area (Å²) < 4.78 is 32.3. The van der Waals surface area contributed by atoms with E-state index in [4.69, 9.17) is 16.3 Å². The quantitative estimate of drug-likeness (QED) is 0.699. The number of nitrogens with zero attached hydrogens (tertiary/aromatic N) is 1. The molecule has 1 aromatic carbocycles. The van der Waals surface area contributed by atoms with E-state index in [0.717, 1.165) is 18.9 Å². The predicted molar refractivity (Wildman–Crippen MR) is 60.8 cm³/mol. The smallest absolute Gasteiger partial charge is 0.201 e. The van der Waals surface area contributed by atoms with Gasteiger partial charge in [0, 0.05) is 0 Å². The summed E-state index contributed by atoms with van der Waals surface area (Å²) in [6, 6.07) is 2.43. The molecule has 1 spiro atoms. The first-order valence-electron chi connectivity index (χ1n) is 5.44. The number of hydrogen-bond donors (Lipinski definition) is 0. The maximum atomic E-state index is 13.7. The van der Waals surface area contributed by atoms with Crippen molar-refractivity contribution in [2.45, 2.75) is 31.4 Å². The van der Waals surface area contributed by atoms with Crippen LogP contribution in [0.2, 0.25) is 0 Å². The molecule has 1 fully saturated rings. The maximum Gasteiger partial charge on any atom is 0.201 e. The second-order valence-corrected chi connectivity index (χ2v) is 4.86. The fraction of sp³-hybridized carbons (Fsp3) is 0.417. The van der Waals surface area contributed by atoms with Crippen LogP contribution in [0, 0.1) is 11.6 Å². The third-order valence-corrected chi connectivity index (χ3v) is 3.69. The lowest BCUT2D eigenvalue weighted by atomic mass is 10.1. The van der Waals surface area contributed by atoms with Gasteiger partial charge in [0.15, 0.2) is 11.6 Å². The van der Waals surface area contributed by atoms with Crippen LogP contribution in [0.1, 0.15) is 25.3 Å². The van der Waals surface area contributed by atoms with E-state index in [1.165, 1.54) is 6.07 Å². The topological polar surface area (TPSA) is 21.6 Å². The van der Waals surface area contributed by atoms with Crippen LogP contribution in [0.3, 0.4) is 0 Å². The van der Waals surface area contributed by atoms with E-state index in [0.29, 0.717) is 5.56 Å². The van der Waals surface area contributed by atoms with E-state index in [-0.39, 0.29) is 22.6 Å². The summed E-state index contributed by atoms with van der Waals surface area (Å²) in [7, 11) is 0. The lowest BCUT2D eigenvalue weighted by Crippen LogP contribution is -2.28. The van der Waals surface area contributed by atoms with Crippen LogP contribution >= 0.6 is 11.6 Å². The predicted octanol–water partition coefficient (Wildman–Crippen LogP) is 3.26. The van der Waals surface area contributed by atoms with Gasteiger partial charge >= 0.3 is 0 Å². The monoisotopic (exact) mass is 257 g/mol. The highest BCUT2D eigenvalue weighted by Crippen LogP contribution is 2.47. The summed E-state index contributed by atoms with van der Waals surface area (Å²) in [6.07, 6.45) is 1.43. The Balaban J connectivity index is 2.18. The van der Waals surface area contributed by atoms with Gasteiger partial charge in [0.05, 0.1) is 11.1 Å². The van der Waals surface area contributed by atoms with Crippen molar-refractivity contribution in [3.8, 4) is 5.75 Å². The van der Waals surface area contributed by atoms with Crippen molar-refractivity contribution < 1.29 is 13.5 Å². The van der Waals surface area contributed by atoms with E-state index in [2.05, 4.69) is 4.99 Å². The van der Waals surface area contributed by atoms with Crippen LogP contribution in [-0.4, -0.2) is 16.8 Å². The molecule has 0 radical (unpaired) electrons. The largest absolute Gasteiger partial charge is 0.484 e. The van der Waals surface area contributed by atoms with Crippen molar-refractivity contribution in [1.82, 2.24) is 0 Å². The zero-order valence-electron chi connectivity index (χ0n) is 9.14. The van der Waals surface area contributed by atoms with Gasteiger partial charge in [0.25, 0.3) is 0 Å². The average Bonchev–Trinajstić information content (AvgIpc) is 3.05. The average molecular weight is 258 g/mol. The van der Waals surface area contributed by atoms with E-state index in [9.17, 15) is 8.78 Å². The molecule has 2 nitrogen and oxygen atoms in total. The number of benzene rings is 1. The number of aliphatic imine (C=N–C) groups is 1. The first-order chi connectivity index (χ1) is 8.03. The molecule has 90 valence electrons. The summed E-state index contributed by atoms with van der Waals surface area (Å²) in [5, 5.41) is 0.195. The third kappa shape index (κ3) is 1.54. The highest BCUT2D eigenvalue weighted by Gasteiger charge is 2.51. The van der Waals surface area contributed by atoms with Gasteiger partial charge in [0.1, 0.15) is 11.3 Å². The summed E-state index contributed by atoms with van der Waals surface area (Å²) in [5.74, 6) is -2.07. The van der Waals surface area contributed by atoms with Crippen LogP contribution in [0.4, 0.5) is 8.78 Å². The summed E-state index contributed by atoms with van der Waals surface area (Å²) >= 11 is 6.05. The number of ether oxygens (including phenoxy) is 1. The minimum absolute atomic E-state index is 0.130. The van der Waals surface area contributed by atoms with Crippen LogP contribution in [0.25, 0.3) is 0 Å². The van der Waals surface area contributed by atoms with Gasteiger partial charge in [-0.25, -0.2) is 4.39 Å². The molecule has 1 unspecified atom stereocenters. The van der Waals surface area contributed by atoms with Crippen molar-refractivity contribution >= 4 is 16.8 Å². The van der Waals surface area contributed by atoms with Gasteiger partial charge in [-0.15, -0.1) is 0 Å². The maximum absolute atomic E-state index is 13.7. The normalized spacial score (nSPS) is 24.7. The molecule has 0 aromatic heterocycles. The Morgan fingerprint density at radius 3 is 2.76 bits per heavy atom. The fourth-order valence-corrected chi connectivity index (χ4v) is 2.41. The zero-order valence-corrected chi connectivity index (χ0v) is 9.89. The molecule has 1 aliphatic heterocycles. The second-order valence-electron chi connectivity index (χ2n) is 4.50. The van der Waals surface area contributed by atoms with Crippen molar-refractivity contribution in [2.24, 2.45) is 4.99 Å². The highest BCUT2D eigenvalue weighted by molar-refractivity contribution is 6.70. The Bertz CT molecular complexity index is 525. The number of hydrogen-bond acceptors (Lipinski definition) is 2. The third-order valence-electron chi connectivity index (χ3n) is 3.41. The van der Waals surface area contributed by atoms with Gasteiger partial charge in [0.2, 0.25) is 5.82 Å². The second kappa shape index (κ2) is 3.42. The summed E-state index contributed by atoms with van der Waals surface area (Å²) in [4.78, 5) is 4.38. The number of fused-ring (bicyclic) bond motifs is 1. The molecule has 3 rings (SSSR count). The minimum Gasteiger partial charge on any atom is -0.484 e. The molecular weight excluding hydrogens is 248 g/mol. The molecule has 1 aliphatic carbocycles. The van der Waals surface area contributed by atoms with Crippen LogP contribution in [0.15, 0.2) is 17.1 Å². The SMILES string of the molecule is CC1Oc2c(ccc(F)c2F)C(Cl)=NC12CC2. The number of halogens is 3. The lowest BCUT2D eigenvalue weighted by molar-refractivity contribution is 0.174. The Morgan fingerprint density at radius 1 is 1.41 bits per heavy atom. The van der Waals surface area contributed by atoms with E-state index in [1.807, 2.05) is 0 Å². The summed E-state index contributed by atoms with van der Waals surface area (Å²) in [6.45, 7) is 1.81. The minimum atomic E-state index is -1.000. The highest BCUT2D eigenvalue weighted by atomic mass is 35.5. The van der Waals surface area contributed by atoms with Crippen LogP contribution < -0.4 is 4.74 Å². The van der Waals surface area contributed by atoms with Crippen molar-refractivity contribution in [3.05, 3.63) is 29.3 Å². The molecule has 17 heavy (non-hydrogen) atoms. The molecule has 1 heterocycles. The molecule has 0 amide bonds. The number of rotatable bonds is 0. The van der Waals surface area contributed by atoms with Gasteiger partial charge < -0.3 is 4.74 Å². The first-order valence-corrected chi connectivity index (χ1v) is 5.82. The molecular formula is C12H10ClF2NO. The molecule has 0 saturated heterocycles. The molecule has 2 aliphatic rings. The first kappa shape index (κ1) is 11.0. The van der Waals surface area contributed by atoms with E-state index in [1.54, 1.807) is 6.92 Å². The Labute approximate surface area is 102 Å². The van der Waals surface area contributed by atoms with Crippen molar-refractivity contribution in [1.29, 1.82) is 0 Å². The van der Waals surface area contributed by atoms with Gasteiger partial charge in [-0.05, 0) is 31.9 Å². The van der Waals surface area contributed by atoms with E-state index >= 15 is 0 Å². The van der Waals surface area contributed by atoms with Crippen molar-refractivity contribution in [3.63, 3.8) is 0 Å². The molecule has 0 N–H and O–H groups in total. The standard InChI is InChI=1S/C12H10ClF2NO/c1-6-12(4-5-12)16-11(13)7-2-3-8(14)9(15)10(7)17-6/h2-3,6H,4-5H2,1H3. The lowest BCUT2D eigenvalue weighted by Gasteiger charge is -2.19. The van der Waals surface area contributed by atoms with Gasteiger partial charge in [-0.3, -0.25) is 4.99 Å². The van der Waals surface area contributed by atoms with E-state index < -0.39 is 11.6 Å². The van der Waals surface area contributed by atoms with Gasteiger partial charge in [-0.1, -0.05) is 11.6 Å². The summed E-state index contributed by atoms with van der Waals surface area (Å²) in [5.41, 5.74) is -0.0276. The molecule has 1 saturated carbocycles.